The number of aromatic nitrogens is 2. The molecule has 0 unspecified atom stereocenters. The molecular weight excluding hydrogens is 280 g/mol. The second kappa shape index (κ2) is 6.73. The normalized spacial score (nSPS) is 10.5. The summed E-state index contributed by atoms with van der Waals surface area (Å²) < 4.78 is 0. The predicted molar refractivity (Wildman–Crippen MR) is 82.2 cm³/mol. The van der Waals surface area contributed by atoms with Crippen molar-refractivity contribution in [1.82, 2.24) is 9.97 Å². The van der Waals surface area contributed by atoms with Crippen molar-refractivity contribution >= 4 is 33.8 Å². The van der Waals surface area contributed by atoms with Crippen molar-refractivity contribution in [3.8, 4) is 0 Å². The summed E-state index contributed by atoms with van der Waals surface area (Å²) >= 11 is 7.56. The zero-order chi connectivity index (χ0) is 13.7. The monoisotopic (exact) mass is 296 g/mol. The highest BCUT2D eigenvalue weighted by molar-refractivity contribution is 7.15. The third-order valence-electron chi connectivity index (χ3n) is 2.77. The van der Waals surface area contributed by atoms with E-state index in [1.54, 1.807) is 17.5 Å². The van der Waals surface area contributed by atoms with Crippen LogP contribution in [0.15, 0.2) is 24.5 Å². The van der Waals surface area contributed by atoms with E-state index in [0.29, 0.717) is 5.15 Å². The van der Waals surface area contributed by atoms with Gasteiger partial charge in [0.1, 0.15) is 5.15 Å². The van der Waals surface area contributed by atoms with E-state index in [-0.39, 0.29) is 0 Å². The van der Waals surface area contributed by atoms with Gasteiger partial charge in [0.25, 0.3) is 0 Å². The standard InChI is InChI=1S/C13H17ClN4S/c1-3-18(4-2)13-17-9-11(19-13)8-16-10-5-6-15-12(14)7-10/h5-7,9H,3-4,8H2,1-2H3,(H,15,16). The summed E-state index contributed by atoms with van der Waals surface area (Å²) in [6.07, 6.45) is 3.62. The van der Waals surface area contributed by atoms with Crippen LogP contribution in [-0.2, 0) is 6.54 Å². The van der Waals surface area contributed by atoms with E-state index in [1.807, 2.05) is 18.3 Å². The molecule has 0 atom stereocenters. The van der Waals surface area contributed by atoms with Crippen molar-refractivity contribution in [3.05, 3.63) is 34.6 Å². The fraction of sp³-hybridized carbons (Fsp3) is 0.385. The summed E-state index contributed by atoms with van der Waals surface area (Å²) in [5.74, 6) is 0. The lowest BCUT2D eigenvalue weighted by Crippen LogP contribution is -2.21. The van der Waals surface area contributed by atoms with E-state index in [2.05, 4.69) is 34.0 Å². The van der Waals surface area contributed by atoms with Crippen molar-refractivity contribution in [1.29, 1.82) is 0 Å². The first-order valence-electron chi connectivity index (χ1n) is 6.28. The summed E-state index contributed by atoms with van der Waals surface area (Å²) in [7, 11) is 0. The molecule has 0 fully saturated rings. The largest absolute Gasteiger partial charge is 0.380 e. The van der Waals surface area contributed by atoms with Gasteiger partial charge >= 0.3 is 0 Å². The molecule has 102 valence electrons. The minimum Gasteiger partial charge on any atom is -0.380 e. The van der Waals surface area contributed by atoms with Crippen LogP contribution < -0.4 is 10.2 Å². The molecule has 2 heterocycles. The van der Waals surface area contributed by atoms with Crippen LogP contribution in [0.4, 0.5) is 10.8 Å². The van der Waals surface area contributed by atoms with E-state index in [9.17, 15) is 0 Å². The third kappa shape index (κ3) is 3.81. The van der Waals surface area contributed by atoms with Gasteiger partial charge in [-0.05, 0) is 26.0 Å². The molecule has 0 aliphatic carbocycles. The summed E-state index contributed by atoms with van der Waals surface area (Å²) in [6.45, 7) is 7.00. The average Bonchev–Trinajstić information content (AvgIpc) is 2.87. The number of rotatable bonds is 6. The molecule has 4 nitrogen and oxygen atoms in total. The molecule has 0 aliphatic rings. The van der Waals surface area contributed by atoms with Gasteiger partial charge < -0.3 is 10.2 Å². The highest BCUT2D eigenvalue weighted by Gasteiger charge is 2.07. The molecule has 6 heteroatoms. The highest BCUT2D eigenvalue weighted by Crippen LogP contribution is 2.23. The predicted octanol–water partition coefficient (Wildman–Crippen LogP) is 3.65. The van der Waals surface area contributed by atoms with Gasteiger partial charge in [-0.2, -0.15) is 0 Å². The maximum Gasteiger partial charge on any atom is 0.185 e. The van der Waals surface area contributed by atoms with E-state index in [4.69, 9.17) is 11.6 Å². The van der Waals surface area contributed by atoms with Crippen LogP contribution in [0.3, 0.4) is 0 Å². The Balaban J connectivity index is 1.97. The molecule has 0 aromatic carbocycles. The van der Waals surface area contributed by atoms with Crippen molar-refractivity contribution in [3.63, 3.8) is 0 Å². The number of nitrogens with one attached hydrogen (secondary N) is 1. The second-order valence-corrected chi connectivity index (χ2v) is 5.48. The number of halogens is 1. The number of nitrogens with zero attached hydrogens (tertiary/aromatic N) is 3. The fourth-order valence-electron chi connectivity index (χ4n) is 1.72. The molecule has 0 spiro atoms. The van der Waals surface area contributed by atoms with Crippen LogP contribution in [0.5, 0.6) is 0 Å². The molecule has 2 aromatic heterocycles. The van der Waals surface area contributed by atoms with Crippen LogP contribution in [-0.4, -0.2) is 23.1 Å². The first-order valence-corrected chi connectivity index (χ1v) is 7.47. The number of hydrogen-bond acceptors (Lipinski definition) is 5. The molecule has 0 saturated heterocycles. The Kier molecular flexibility index (Phi) is 4.99. The Bertz CT molecular complexity index is 525. The number of thiazole rings is 1. The molecule has 0 radical (unpaired) electrons. The van der Waals surface area contributed by atoms with E-state index in [0.717, 1.165) is 30.5 Å². The highest BCUT2D eigenvalue weighted by atomic mass is 35.5. The Morgan fingerprint density at radius 3 is 2.79 bits per heavy atom. The van der Waals surface area contributed by atoms with Crippen molar-refractivity contribution in [2.45, 2.75) is 20.4 Å². The fourth-order valence-corrected chi connectivity index (χ4v) is 2.87. The van der Waals surface area contributed by atoms with Gasteiger partial charge in [0.15, 0.2) is 5.13 Å². The second-order valence-electron chi connectivity index (χ2n) is 4.00. The molecule has 0 aliphatic heterocycles. The first-order chi connectivity index (χ1) is 9.22. The molecule has 0 bridgehead atoms. The van der Waals surface area contributed by atoms with E-state index >= 15 is 0 Å². The van der Waals surface area contributed by atoms with Crippen molar-refractivity contribution < 1.29 is 0 Å². The number of anilines is 2. The van der Waals surface area contributed by atoms with Crippen LogP contribution in [0.1, 0.15) is 18.7 Å². The maximum absolute atomic E-state index is 5.84. The lowest BCUT2D eigenvalue weighted by Gasteiger charge is -2.16. The van der Waals surface area contributed by atoms with Gasteiger partial charge in [-0.25, -0.2) is 9.97 Å². The van der Waals surface area contributed by atoms with Gasteiger partial charge in [-0.3, -0.25) is 0 Å². The van der Waals surface area contributed by atoms with E-state index in [1.165, 1.54) is 4.88 Å². The first kappa shape index (κ1) is 14.1. The Morgan fingerprint density at radius 2 is 2.11 bits per heavy atom. The summed E-state index contributed by atoms with van der Waals surface area (Å²) in [6, 6.07) is 3.71. The lowest BCUT2D eigenvalue weighted by atomic mass is 10.4. The number of hydrogen-bond donors (Lipinski definition) is 1. The zero-order valence-electron chi connectivity index (χ0n) is 11.1. The Hall–Kier alpha value is -1.33. The molecule has 0 saturated carbocycles. The van der Waals surface area contributed by atoms with Gasteiger partial charge in [0, 0.05) is 36.0 Å². The molecule has 19 heavy (non-hydrogen) atoms. The van der Waals surface area contributed by atoms with Crippen LogP contribution in [0, 0.1) is 0 Å². The molecule has 2 rings (SSSR count). The van der Waals surface area contributed by atoms with Gasteiger partial charge in [0.05, 0.1) is 6.54 Å². The van der Waals surface area contributed by atoms with Gasteiger partial charge in [0.2, 0.25) is 0 Å². The minimum absolute atomic E-state index is 0.498. The third-order valence-corrected chi connectivity index (χ3v) is 4.03. The summed E-state index contributed by atoms with van der Waals surface area (Å²) in [5, 5.41) is 4.89. The van der Waals surface area contributed by atoms with E-state index < -0.39 is 0 Å². The summed E-state index contributed by atoms with van der Waals surface area (Å²) in [5.41, 5.74) is 0.970. The Morgan fingerprint density at radius 1 is 1.32 bits per heavy atom. The van der Waals surface area contributed by atoms with Gasteiger partial charge in [-0.15, -0.1) is 11.3 Å². The van der Waals surface area contributed by atoms with Gasteiger partial charge in [-0.1, -0.05) is 11.6 Å². The smallest absolute Gasteiger partial charge is 0.185 e. The summed E-state index contributed by atoms with van der Waals surface area (Å²) in [4.78, 5) is 11.9. The topological polar surface area (TPSA) is 41.1 Å². The molecule has 0 amide bonds. The number of pyridine rings is 1. The average molecular weight is 297 g/mol. The van der Waals surface area contributed by atoms with Crippen LogP contribution >= 0.6 is 22.9 Å². The van der Waals surface area contributed by atoms with Crippen molar-refractivity contribution in [2.75, 3.05) is 23.3 Å². The molecule has 2 aromatic rings. The Labute approximate surface area is 122 Å². The zero-order valence-corrected chi connectivity index (χ0v) is 12.6. The molecule has 1 N–H and O–H groups in total. The quantitative estimate of drug-likeness (QED) is 0.826. The minimum atomic E-state index is 0.498. The van der Waals surface area contributed by atoms with Crippen LogP contribution in [0.25, 0.3) is 0 Å². The van der Waals surface area contributed by atoms with Crippen molar-refractivity contribution in [2.24, 2.45) is 0 Å². The lowest BCUT2D eigenvalue weighted by molar-refractivity contribution is 0.860. The SMILES string of the molecule is CCN(CC)c1ncc(CNc2ccnc(Cl)c2)s1. The maximum atomic E-state index is 5.84. The van der Waals surface area contributed by atoms with Crippen LogP contribution in [0.2, 0.25) is 5.15 Å². The molecular formula is C13H17ClN4S.